The Morgan fingerprint density at radius 2 is 2.12 bits per heavy atom. The van der Waals surface area contributed by atoms with Crippen molar-refractivity contribution in [3.63, 3.8) is 0 Å². The Morgan fingerprint density at radius 3 is 2.81 bits per heavy atom. The fourth-order valence-electron chi connectivity index (χ4n) is 2.47. The third-order valence-electron chi connectivity index (χ3n) is 3.79. The molecule has 0 aliphatic carbocycles. The first-order valence-corrected chi connectivity index (χ1v) is 5.97. The lowest BCUT2D eigenvalue weighted by Gasteiger charge is -2.22. The number of nitrogens with one attached hydrogen (secondary N) is 1. The predicted molar refractivity (Wildman–Crippen MR) is 66.7 cm³/mol. The van der Waals surface area contributed by atoms with E-state index >= 15 is 0 Å². The van der Waals surface area contributed by atoms with Crippen molar-refractivity contribution in [3.8, 4) is 0 Å². The van der Waals surface area contributed by atoms with Gasteiger partial charge in [0.1, 0.15) is 0 Å². The zero-order valence-electron chi connectivity index (χ0n) is 9.77. The fourth-order valence-corrected chi connectivity index (χ4v) is 2.47. The van der Waals surface area contributed by atoms with E-state index in [4.69, 9.17) is 0 Å². The highest BCUT2D eigenvalue weighted by Crippen LogP contribution is 2.28. The van der Waals surface area contributed by atoms with E-state index in [9.17, 15) is 0 Å². The molecule has 16 heavy (non-hydrogen) atoms. The second kappa shape index (κ2) is 3.51. The molecule has 2 heterocycles. The molecule has 3 nitrogen and oxygen atoms in total. The highest BCUT2D eigenvalue weighted by Gasteiger charge is 2.29. The summed E-state index contributed by atoms with van der Waals surface area (Å²) in [5.74, 6) is 1.78. The van der Waals surface area contributed by atoms with Crippen molar-refractivity contribution in [2.75, 3.05) is 11.4 Å². The van der Waals surface area contributed by atoms with Gasteiger partial charge in [0.15, 0.2) is 0 Å². The molecule has 0 bridgehead atoms. The van der Waals surface area contributed by atoms with Crippen LogP contribution in [0.1, 0.15) is 20.3 Å². The maximum Gasteiger partial charge on any atom is 0.204 e. The van der Waals surface area contributed by atoms with Crippen molar-refractivity contribution < 1.29 is 0 Å². The van der Waals surface area contributed by atoms with Crippen LogP contribution < -0.4 is 4.90 Å². The van der Waals surface area contributed by atoms with Gasteiger partial charge in [-0.3, -0.25) is 0 Å². The number of aromatic nitrogens is 2. The molecule has 3 heteroatoms. The zero-order chi connectivity index (χ0) is 11.1. The molecule has 0 amide bonds. The van der Waals surface area contributed by atoms with Crippen LogP contribution in [0.4, 0.5) is 5.95 Å². The second-order valence-corrected chi connectivity index (χ2v) is 4.78. The number of benzene rings is 1. The number of rotatable bonds is 1. The van der Waals surface area contributed by atoms with Gasteiger partial charge in [-0.15, -0.1) is 0 Å². The molecular formula is C13H17N3. The fraction of sp³-hybridized carbons (Fsp3) is 0.462. The van der Waals surface area contributed by atoms with E-state index in [1.165, 1.54) is 6.42 Å². The summed E-state index contributed by atoms with van der Waals surface area (Å²) in [7, 11) is 0. The molecule has 3 rings (SSSR count). The van der Waals surface area contributed by atoms with Gasteiger partial charge in [0.2, 0.25) is 5.95 Å². The normalized spacial score (nSPS) is 25.5. The molecule has 1 saturated heterocycles. The maximum atomic E-state index is 4.65. The number of hydrogen-bond donors (Lipinski definition) is 1. The van der Waals surface area contributed by atoms with Crippen molar-refractivity contribution in [2.45, 2.75) is 26.3 Å². The predicted octanol–water partition coefficient (Wildman–Crippen LogP) is 2.80. The van der Waals surface area contributed by atoms with Crippen LogP contribution in [0.25, 0.3) is 11.0 Å². The summed E-state index contributed by atoms with van der Waals surface area (Å²) in [6.07, 6.45) is 1.26. The van der Waals surface area contributed by atoms with Crippen molar-refractivity contribution in [3.05, 3.63) is 24.3 Å². The maximum absolute atomic E-state index is 4.65. The summed E-state index contributed by atoms with van der Waals surface area (Å²) >= 11 is 0. The van der Waals surface area contributed by atoms with Crippen LogP contribution in [0.2, 0.25) is 0 Å². The van der Waals surface area contributed by atoms with Crippen molar-refractivity contribution in [1.82, 2.24) is 9.97 Å². The SMILES string of the molecule is CC1CCN(c2nc3ccccc3[nH]2)C1C. The first-order valence-electron chi connectivity index (χ1n) is 5.97. The molecular weight excluding hydrogens is 198 g/mol. The number of fused-ring (bicyclic) bond motifs is 1. The Morgan fingerprint density at radius 1 is 1.31 bits per heavy atom. The summed E-state index contributed by atoms with van der Waals surface area (Å²) in [6.45, 7) is 5.71. The molecule has 0 saturated carbocycles. The van der Waals surface area contributed by atoms with Crippen molar-refractivity contribution in [1.29, 1.82) is 0 Å². The van der Waals surface area contributed by atoms with Crippen LogP contribution in [0.5, 0.6) is 0 Å². The van der Waals surface area contributed by atoms with Crippen LogP contribution in [-0.4, -0.2) is 22.6 Å². The van der Waals surface area contributed by atoms with Crippen molar-refractivity contribution >= 4 is 17.0 Å². The number of hydrogen-bond acceptors (Lipinski definition) is 2. The number of H-pyrrole nitrogens is 1. The van der Waals surface area contributed by atoms with E-state index in [2.05, 4.69) is 40.8 Å². The van der Waals surface area contributed by atoms with E-state index in [0.29, 0.717) is 6.04 Å². The lowest BCUT2D eigenvalue weighted by molar-refractivity contribution is 0.543. The number of anilines is 1. The van der Waals surface area contributed by atoms with E-state index in [0.717, 1.165) is 29.4 Å². The van der Waals surface area contributed by atoms with E-state index in [-0.39, 0.29) is 0 Å². The average Bonchev–Trinajstić information content (AvgIpc) is 2.84. The smallest absolute Gasteiger partial charge is 0.204 e. The van der Waals surface area contributed by atoms with E-state index in [1.807, 2.05) is 12.1 Å². The molecule has 1 aromatic heterocycles. The molecule has 1 aliphatic heterocycles. The standard InChI is InChI=1S/C13H17N3/c1-9-7-8-16(10(9)2)13-14-11-5-3-4-6-12(11)15-13/h3-6,9-10H,7-8H2,1-2H3,(H,14,15). The summed E-state index contributed by atoms with van der Waals surface area (Å²) in [5.41, 5.74) is 2.19. The lowest BCUT2D eigenvalue weighted by Crippen LogP contribution is -2.29. The van der Waals surface area contributed by atoms with Gasteiger partial charge in [-0.2, -0.15) is 0 Å². The quantitative estimate of drug-likeness (QED) is 0.793. The Bertz CT molecular complexity index is 470. The molecule has 1 N–H and O–H groups in total. The van der Waals surface area contributed by atoms with Gasteiger partial charge in [0, 0.05) is 12.6 Å². The Balaban J connectivity index is 2.00. The Labute approximate surface area is 95.5 Å². The van der Waals surface area contributed by atoms with Gasteiger partial charge in [-0.05, 0) is 31.4 Å². The number of para-hydroxylation sites is 2. The molecule has 2 aromatic rings. The molecule has 1 aromatic carbocycles. The van der Waals surface area contributed by atoms with Gasteiger partial charge in [-0.25, -0.2) is 4.98 Å². The van der Waals surface area contributed by atoms with Gasteiger partial charge in [0.25, 0.3) is 0 Å². The molecule has 1 fully saturated rings. The monoisotopic (exact) mass is 215 g/mol. The van der Waals surface area contributed by atoms with E-state index < -0.39 is 0 Å². The minimum absolute atomic E-state index is 0.584. The van der Waals surface area contributed by atoms with Gasteiger partial charge in [0.05, 0.1) is 11.0 Å². The van der Waals surface area contributed by atoms with Crippen LogP contribution in [-0.2, 0) is 0 Å². The summed E-state index contributed by atoms with van der Waals surface area (Å²) in [6, 6.07) is 8.79. The van der Waals surface area contributed by atoms with Gasteiger partial charge < -0.3 is 9.88 Å². The molecule has 0 spiro atoms. The largest absolute Gasteiger partial charge is 0.339 e. The summed E-state index contributed by atoms with van der Waals surface area (Å²) in [5, 5.41) is 0. The number of imidazole rings is 1. The van der Waals surface area contributed by atoms with Crippen LogP contribution in [0.15, 0.2) is 24.3 Å². The molecule has 84 valence electrons. The highest BCUT2D eigenvalue weighted by molar-refractivity contribution is 5.77. The van der Waals surface area contributed by atoms with E-state index in [1.54, 1.807) is 0 Å². The summed E-state index contributed by atoms with van der Waals surface area (Å²) in [4.78, 5) is 10.4. The Hall–Kier alpha value is -1.51. The topological polar surface area (TPSA) is 31.9 Å². The minimum atomic E-state index is 0.584. The number of aromatic amines is 1. The zero-order valence-corrected chi connectivity index (χ0v) is 9.77. The van der Waals surface area contributed by atoms with Crippen LogP contribution in [0.3, 0.4) is 0 Å². The average molecular weight is 215 g/mol. The second-order valence-electron chi connectivity index (χ2n) is 4.78. The third kappa shape index (κ3) is 1.39. The van der Waals surface area contributed by atoms with Crippen LogP contribution >= 0.6 is 0 Å². The molecule has 1 aliphatic rings. The van der Waals surface area contributed by atoms with Crippen LogP contribution in [0, 0.1) is 5.92 Å². The van der Waals surface area contributed by atoms with Crippen molar-refractivity contribution in [2.24, 2.45) is 5.92 Å². The first kappa shape index (κ1) is 9.70. The Kier molecular flexibility index (Phi) is 2.13. The lowest BCUT2D eigenvalue weighted by atomic mass is 10.1. The number of nitrogens with zero attached hydrogens (tertiary/aromatic N) is 2. The third-order valence-corrected chi connectivity index (χ3v) is 3.79. The first-order chi connectivity index (χ1) is 7.75. The van der Waals surface area contributed by atoms with Gasteiger partial charge >= 0.3 is 0 Å². The van der Waals surface area contributed by atoms with Gasteiger partial charge in [-0.1, -0.05) is 19.1 Å². The summed E-state index contributed by atoms with van der Waals surface area (Å²) < 4.78 is 0. The molecule has 0 radical (unpaired) electrons. The molecule has 2 unspecified atom stereocenters. The molecule has 2 atom stereocenters. The minimum Gasteiger partial charge on any atom is -0.339 e. The highest BCUT2D eigenvalue weighted by atomic mass is 15.3.